The largest absolute Gasteiger partial charge is 0.477 e. The first kappa shape index (κ1) is 16.2. The second kappa shape index (κ2) is 5.91. The zero-order valence-corrected chi connectivity index (χ0v) is 13.9. The third-order valence-corrected chi connectivity index (χ3v) is 6.25. The Balaban J connectivity index is 2.43. The second-order valence-corrected chi connectivity index (χ2v) is 8.19. The predicted octanol–water partition coefficient (Wildman–Crippen LogP) is 3.80. The van der Waals surface area contributed by atoms with Crippen molar-refractivity contribution in [3.8, 4) is 0 Å². The Morgan fingerprint density at radius 2 is 2.10 bits per heavy atom. The normalized spacial score (nSPS) is 11.4. The van der Waals surface area contributed by atoms with Gasteiger partial charge in [0.2, 0.25) is 0 Å². The van der Waals surface area contributed by atoms with Crippen molar-refractivity contribution in [2.24, 2.45) is 0 Å². The van der Waals surface area contributed by atoms with E-state index in [1.165, 1.54) is 18.2 Å². The lowest BCUT2D eigenvalue weighted by molar-refractivity contribution is 0.0702. The molecule has 2 N–H and O–H groups in total. The zero-order valence-electron chi connectivity index (χ0n) is 9.93. The second-order valence-electron chi connectivity index (χ2n) is 3.76. The van der Waals surface area contributed by atoms with E-state index >= 15 is 0 Å². The quantitative estimate of drug-likeness (QED) is 0.797. The Bertz CT molecular complexity index is 822. The molecule has 0 radical (unpaired) electrons. The molecule has 2 aromatic rings. The molecular formula is C11H6BrClFNO4S2. The summed E-state index contributed by atoms with van der Waals surface area (Å²) in [6, 6.07) is 4.85. The van der Waals surface area contributed by atoms with E-state index in [9.17, 15) is 17.6 Å². The van der Waals surface area contributed by atoms with Gasteiger partial charge in [0.1, 0.15) is 9.77 Å². The van der Waals surface area contributed by atoms with Crippen LogP contribution in [0.1, 0.15) is 9.67 Å². The lowest BCUT2D eigenvalue weighted by atomic mass is 10.3. The lowest BCUT2D eigenvalue weighted by Gasteiger charge is -2.08. The molecule has 1 aromatic heterocycles. The van der Waals surface area contributed by atoms with Gasteiger partial charge in [0.15, 0.2) is 5.82 Å². The first-order chi connectivity index (χ1) is 9.72. The highest BCUT2D eigenvalue weighted by Crippen LogP contribution is 2.33. The van der Waals surface area contributed by atoms with E-state index in [1.54, 1.807) is 0 Å². The van der Waals surface area contributed by atoms with Crippen LogP contribution in [-0.2, 0) is 10.0 Å². The van der Waals surface area contributed by atoms with Crippen molar-refractivity contribution in [1.29, 1.82) is 0 Å². The summed E-state index contributed by atoms with van der Waals surface area (Å²) in [6.45, 7) is 0. The molecule has 0 fully saturated rings. The maximum absolute atomic E-state index is 13.7. The van der Waals surface area contributed by atoms with Gasteiger partial charge in [-0.15, -0.1) is 11.3 Å². The van der Waals surface area contributed by atoms with E-state index in [4.69, 9.17) is 16.7 Å². The molecule has 10 heteroatoms. The molecule has 0 unspecified atom stereocenters. The molecule has 0 aliphatic carbocycles. The zero-order chi connectivity index (χ0) is 15.8. The average Bonchev–Trinajstić information content (AvgIpc) is 2.78. The highest BCUT2D eigenvalue weighted by atomic mass is 79.9. The predicted molar refractivity (Wildman–Crippen MR) is 81.2 cm³/mol. The van der Waals surface area contributed by atoms with Crippen molar-refractivity contribution < 1.29 is 22.7 Å². The van der Waals surface area contributed by atoms with Gasteiger partial charge in [0.25, 0.3) is 10.0 Å². The minimum absolute atomic E-state index is 0.106. The number of thiophene rings is 1. The minimum Gasteiger partial charge on any atom is -0.477 e. The van der Waals surface area contributed by atoms with E-state index in [-0.39, 0.29) is 24.3 Å². The minimum atomic E-state index is -4.14. The molecule has 0 atom stereocenters. The first-order valence-electron chi connectivity index (χ1n) is 5.22. The number of hydrogen-bond donors (Lipinski definition) is 2. The highest BCUT2D eigenvalue weighted by molar-refractivity contribution is 9.11. The number of anilines is 1. The van der Waals surface area contributed by atoms with Gasteiger partial charge < -0.3 is 5.11 Å². The van der Waals surface area contributed by atoms with Crippen molar-refractivity contribution >= 4 is 60.5 Å². The fourth-order valence-corrected chi connectivity index (χ4v) is 5.06. The summed E-state index contributed by atoms with van der Waals surface area (Å²) in [4.78, 5) is 10.4. The number of carboxylic acids is 1. The number of nitrogens with one attached hydrogen (secondary N) is 1. The maximum atomic E-state index is 13.7. The van der Waals surface area contributed by atoms with Crippen molar-refractivity contribution in [1.82, 2.24) is 0 Å². The third kappa shape index (κ3) is 3.37. The molecule has 5 nitrogen and oxygen atoms in total. The summed E-state index contributed by atoms with van der Waals surface area (Å²) >= 11 is 9.30. The molecule has 0 aliphatic heterocycles. The number of sulfonamides is 1. The number of aromatic carboxylic acids is 1. The molecule has 0 saturated heterocycles. The van der Waals surface area contributed by atoms with E-state index in [0.29, 0.717) is 0 Å². The number of hydrogen-bond acceptors (Lipinski definition) is 4. The molecule has 21 heavy (non-hydrogen) atoms. The van der Waals surface area contributed by atoms with Crippen LogP contribution in [0.25, 0.3) is 0 Å². The number of carbonyl (C=O) groups is 1. The van der Waals surface area contributed by atoms with Crippen LogP contribution in [0.4, 0.5) is 10.1 Å². The summed E-state index contributed by atoms with van der Waals surface area (Å²) in [7, 11) is -4.14. The summed E-state index contributed by atoms with van der Waals surface area (Å²) < 4.78 is 40.2. The van der Waals surface area contributed by atoms with Crippen molar-refractivity contribution in [2.75, 3.05) is 4.72 Å². The van der Waals surface area contributed by atoms with Crippen LogP contribution in [0.3, 0.4) is 0 Å². The Kier molecular flexibility index (Phi) is 4.57. The highest BCUT2D eigenvalue weighted by Gasteiger charge is 2.24. The van der Waals surface area contributed by atoms with Gasteiger partial charge in [0, 0.05) is 0 Å². The van der Waals surface area contributed by atoms with Gasteiger partial charge in [-0.05, 0) is 34.1 Å². The van der Waals surface area contributed by atoms with Gasteiger partial charge in [0.05, 0.1) is 14.5 Å². The standard InChI is InChI=1S/C11H6BrClFNO4S2/c12-10-8(4-7(20-10)11(16)17)21(18,19)15-6-3-1-2-5(13)9(6)14/h1-4,15H,(H,16,17). The van der Waals surface area contributed by atoms with Crippen LogP contribution in [-0.4, -0.2) is 19.5 Å². The van der Waals surface area contributed by atoms with E-state index in [2.05, 4.69) is 15.9 Å². The Labute approximate surface area is 136 Å². The van der Waals surface area contributed by atoms with Gasteiger partial charge in [-0.25, -0.2) is 17.6 Å². The summed E-state index contributed by atoms with van der Waals surface area (Å²) in [5, 5.41) is 8.62. The molecule has 0 saturated carbocycles. The lowest BCUT2D eigenvalue weighted by Crippen LogP contribution is -2.14. The maximum Gasteiger partial charge on any atom is 0.345 e. The van der Waals surface area contributed by atoms with Gasteiger partial charge >= 0.3 is 5.97 Å². The molecular weight excluding hydrogens is 409 g/mol. The molecule has 0 aliphatic rings. The fraction of sp³-hybridized carbons (Fsp3) is 0. The number of rotatable bonds is 4. The molecule has 112 valence electrons. The number of carboxylic acid groups (broad SMARTS) is 1. The monoisotopic (exact) mass is 413 g/mol. The third-order valence-electron chi connectivity index (χ3n) is 2.35. The Morgan fingerprint density at radius 1 is 1.43 bits per heavy atom. The molecule has 0 spiro atoms. The van der Waals surface area contributed by atoms with Crippen LogP contribution in [0.2, 0.25) is 5.02 Å². The smallest absolute Gasteiger partial charge is 0.345 e. The number of halogens is 3. The number of benzene rings is 1. The molecule has 0 bridgehead atoms. The Morgan fingerprint density at radius 3 is 2.67 bits per heavy atom. The van der Waals surface area contributed by atoms with Gasteiger partial charge in [-0.2, -0.15) is 0 Å². The van der Waals surface area contributed by atoms with Crippen LogP contribution < -0.4 is 4.72 Å². The van der Waals surface area contributed by atoms with E-state index in [1.807, 2.05) is 4.72 Å². The molecule has 1 heterocycles. The van der Waals surface area contributed by atoms with Crippen LogP contribution in [0.15, 0.2) is 32.9 Å². The van der Waals surface area contributed by atoms with Crippen molar-refractivity contribution in [3.05, 3.63) is 43.8 Å². The van der Waals surface area contributed by atoms with E-state index < -0.39 is 21.8 Å². The van der Waals surface area contributed by atoms with Crippen molar-refractivity contribution in [3.63, 3.8) is 0 Å². The van der Waals surface area contributed by atoms with E-state index in [0.717, 1.165) is 17.4 Å². The topological polar surface area (TPSA) is 83.5 Å². The van der Waals surface area contributed by atoms with Crippen LogP contribution in [0, 0.1) is 5.82 Å². The Hall–Kier alpha value is -1.16. The summed E-state index contributed by atoms with van der Waals surface area (Å²) in [6.07, 6.45) is 0. The molecule has 0 amide bonds. The first-order valence-corrected chi connectivity index (χ1v) is 8.69. The van der Waals surface area contributed by atoms with Gasteiger partial charge in [-0.1, -0.05) is 17.7 Å². The SMILES string of the molecule is O=C(O)c1cc(S(=O)(=O)Nc2cccc(Cl)c2F)c(Br)s1. The molecule has 1 aromatic carbocycles. The van der Waals surface area contributed by atoms with Crippen molar-refractivity contribution in [2.45, 2.75) is 4.90 Å². The van der Waals surface area contributed by atoms with Crippen LogP contribution in [0.5, 0.6) is 0 Å². The summed E-state index contributed by atoms with van der Waals surface area (Å²) in [5.41, 5.74) is -0.322. The fourth-order valence-electron chi connectivity index (χ4n) is 1.42. The van der Waals surface area contributed by atoms with Gasteiger partial charge in [-0.3, -0.25) is 4.72 Å². The average molecular weight is 415 g/mol. The van der Waals surface area contributed by atoms with Crippen LogP contribution >= 0.6 is 38.9 Å². The summed E-state index contributed by atoms with van der Waals surface area (Å²) in [5.74, 6) is -2.16. The molecule has 2 rings (SSSR count).